The van der Waals surface area contributed by atoms with E-state index in [0.717, 1.165) is 6.54 Å². The van der Waals surface area contributed by atoms with Gasteiger partial charge in [0.25, 0.3) is 5.91 Å². The first kappa shape index (κ1) is 19.3. The van der Waals surface area contributed by atoms with Gasteiger partial charge in [0.15, 0.2) is 0 Å². The van der Waals surface area contributed by atoms with E-state index in [1.807, 2.05) is 41.9 Å². The van der Waals surface area contributed by atoms with Gasteiger partial charge >= 0.3 is 0 Å². The molecule has 0 saturated heterocycles. The standard InChI is InChI=1S/C13H24IN3O3/c1-6-12(19)16(5)11(9-10(2)18)13(20)17(14)8-7-15(3)4/h11H,6-9H2,1-5H3/t11-/m0/s1. The highest BCUT2D eigenvalue weighted by Crippen LogP contribution is 2.12. The molecular weight excluding hydrogens is 373 g/mol. The number of Topliss-reactive ketones (excluding diaryl/α,β-unsaturated/α-hetero) is 1. The maximum Gasteiger partial charge on any atom is 0.254 e. The van der Waals surface area contributed by atoms with Gasteiger partial charge in [-0.15, -0.1) is 0 Å². The predicted molar refractivity (Wildman–Crippen MR) is 86.4 cm³/mol. The SMILES string of the molecule is CCC(=O)N(C)[C@@H](CC(C)=O)C(=O)N(I)CCN(C)C. The van der Waals surface area contributed by atoms with E-state index >= 15 is 0 Å². The van der Waals surface area contributed by atoms with E-state index in [4.69, 9.17) is 0 Å². The first-order chi connectivity index (χ1) is 9.20. The number of likely N-dealkylation sites (N-methyl/N-ethyl adjacent to an activating group) is 2. The van der Waals surface area contributed by atoms with Gasteiger partial charge in [-0.05, 0) is 21.0 Å². The van der Waals surface area contributed by atoms with Crippen molar-refractivity contribution in [2.45, 2.75) is 32.7 Å². The molecule has 0 rings (SSSR count). The zero-order chi connectivity index (χ0) is 15.9. The summed E-state index contributed by atoms with van der Waals surface area (Å²) in [5, 5.41) is 0. The van der Waals surface area contributed by atoms with Gasteiger partial charge in [-0.3, -0.25) is 17.5 Å². The Morgan fingerprint density at radius 2 is 1.65 bits per heavy atom. The van der Waals surface area contributed by atoms with Crippen LogP contribution in [0.15, 0.2) is 0 Å². The Hall–Kier alpha value is -0.700. The maximum atomic E-state index is 12.4. The number of hydrogen-bond acceptors (Lipinski definition) is 4. The van der Waals surface area contributed by atoms with E-state index in [0.29, 0.717) is 13.0 Å². The second-order valence-electron chi connectivity index (χ2n) is 5.01. The average molecular weight is 397 g/mol. The third-order valence-electron chi connectivity index (χ3n) is 2.91. The molecule has 0 spiro atoms. The Balaban J connectivity index is 4.88. The molecule has 1 atom stereocenters. The van der Waals surface area contributed by atoms with Crippen LogP contribution in [0.4, 0.5) is 0 Å². The van der Waals surface area contributed by atoms with E-state index in [9.17, 15) is 14.4 Å². The number of halogens is 1. The molecule has 0 aromatic rings. The summed E-state index contributed by atoms with van der Waals surface area (Å²) >= 11 is 1.94. The van der Waals surface area contributed by atoms with Crippen molar-refractivity contribution in [2.75, 3.05) is 34.2 Å². The van der Waals surface area contributed by atoms with Crippen LogP contribution >= 0.6 is 22.9 Å². The van der Waals surface area contributed by atoms with Gasteiger partial charge in [-0.25, -0.2) is 0 Å². The van der Waals surface area contributed by atoms with Crippen molar-refractivity contribution in [1.82, 2.24) is 12.9 Å². The van der Waals surface area contributed by atoms with Crippen LogP contribution < -0.4 is 0 Å². The topological polar surface area (TPSA) is 60.9 Å². The molecule has 20 heavy (non-hydrogen) atoms. The molecule has 0 unspecified atom stereocenters. The smallest absolute Gasteiger partial charge is 0.254 e. The molecule has 7 heteroatoms. The minimum atomic E-state index is -0.709. The Labute approximate surface area is 135 Å². The summed E-state index contributed by atoms with van der Waals surface area (Å²) in [4.78, 5) is 38.9. The van der Waals surface area contributed by atoms with Crippen molar-refractivity contribution in [1.29, 1.82) is 0 Å². The quantitative estimate of drug-likeness (QED) is 0.452. The molecule has 0 N–H and O–H groups in total. The summed E-state index contributed by atoms with van der Waals surface area (Å²) in [5.74, 6) is -0.439. The highest BCUT2D eigenvalue weighted by Gasteiger charge is 2.30. The highest BCUT2D eigenvalue weighted by atomic mass is 127. The molecule has 0 fully saturated rings. The van der Waals surface area contributed by atoms with Crippen molar-refractivity contribution in [3.05, 3.63) is 0 Å². The monoisotopic (exact) mass is 397 g/mol. The first-order valence-corrected chi connectivity index (χ1v) is 7.54. The van der Waals surface area contributed by atoms with Crippen LogP contribution in [0.5, 0.6) is 0 Å². The average Bonchev–Trinajstić information content (AvgIpc) is 2.39. The van der Waals surface area contributed by atoms with Crippen LogP contribution in [0.3, 0.4) is 0 Å². The molecule has 0 aromatic heterocycles. The van der Waals surface area contributed by atoms with Crippen molar-refractivity contribution in [3.63, 3.8) is 0 Å². The van der Waals surface area contributed by atoms with Crippen molar-refractivity contribution < 1.29 is 14.4 Å². The maximum absolute atomic E-state index is 12.4. The Kier molecular flexibility index (Phi) is 8.95. The lowest BCUT2D eigenvalue weighted by Crippen LogP contribution is -2.48. The van der Waals surface area contributed by atoms with Crippen molar-refractivity contribution in [3.8, 4) is 0 Å². The molecule has 0 bridgehead atoms. The molecule has 0 radical (unpaired) electrons. The lowest BCUT2D eigenvalue weighted by Gasteiger charge is -2.29. The summed E-state index contributed by atoms with van der Waals surface area (Å²) in [6, 6.07) is -0.709. The second kappa shape index (κ2) is 9.28. The number of carbonyl (C=O) groups is 3. The molecule has 0 aromatic carbocycles. The normalized spacial score (nSPS) is 12.2. The largest absolute Gasteiger partial charge is 0.333 e. The van der Waals surface area contributed by atoms with Crippen LogP contribution in [0.2, 0.25) is 0 Å². The molecule has 0 aliphatic heterocycles. The molecule has 6 nitrogen and oxygen atoms in total. The number of ketones is 1. The third kappa shape index (κ3) is 6.65. The zero-order valence-electron chi connectivity index (χ0n) is 12.9. The summed E-state index contributed by atoms with van der Waals surface area (Å²) < 4.78 is 1.55. The van der Waals surface area contributed by atoms with Crippen LogP contribution in [0, 0.1) is 0 Å². The highest BCUT2D eigenvalue weighted by molar-refractivity contribution is 14.1. The van der Waals surface area contributed by atoms with E-state index in [1.165, 1.54) is 11.8 Å². The Morgan fingerprint density at radius 1 is 1.10 bits per heavy atom. The van der Waals surface area contributed by atoms with Crippen LogP contribution in [0.25, 0.3) is 0 Å². The Morgan fingerprint density at radius 3 is 2.05 bits per heavy atom. The van der Waals surface area contributed by atoms with Gasteiger partial charge in [0.1, 0.15) is 11.8 Å². The summed E-state index contributed by atoms with van der Waals surface area (Å²) in [6.45, 7) is 4.45. The lowest BCUT2D eigenvalue weighted by molar-refractivity contribution is -0.142. The summed E-state index contributed by atoms with van der Waals surface area (Å²) in [7, 11) is 5.43. The fourth-order valence-electron chi connectivity index (χ4n) is 1.65. The van der Waals surface area contributed by atoms with E-state index < -0.39 is 6.04 Å². The van der Waals surface area contributed by atoms with Gasteiger partial charge in [-0.2, -0.15) is 0 Å². The van der Waals surface area contributed by atoms with Crippen LogP contribution in [0.1, 0.15) is 26.7 Å². The van der Waals surface area contributed by atoms with Crippen LogP contribution in [-0.2, 0) is 14.4 Å². The first-order valence-electron chi connectivity index (χ1n) is 6.57. The molecule has 0 aliphatic rings. The number of carbonyl (C=O) groups excluding carboxylic acids is 3. The van der Waals surface area contributed by atoms with Crippen molar-refractivity contribution in [2.24, 2.45) is 0 Å². The number of amides is 2. The fourth-order valence-corrected chi connectivity index (χ4v) is 2.18. The molecular formula is C13H24IN3O3. The molecule has 2 amide bonds. The van der Waals surface area contributed by atoms with Gasteiger partial charge in [0, 0.05) is 33.0 Å². The van der Waals surface area contributed by atoms with Crippen LogP contribution in [-0.4, -0.2) is 70.8 Å². The van der Waals surface area contributed by atoms with Gasteiger partial charge in [-0.1, -0.05) is 6.92 Å². The summed E-state index contributed by atoms with van der Waals surface area (Å²) in [6.07, 6.45) is 0.375. The molecule has 0 aliphatic carbocycles. The minimum absolute atomic E-state index is 0.0581. The molecule has 0 saturated carbocycles. The summed E-state index contributed by atoms with van der Waals surface area (Å²) in [5.41, 5.74) is 0. The van der Waals surface area contributed by atoms with Gasteiger partial charge < -0.3 is 9.80 Å². The third-order valence-corrected chi connectivity index (χ3v) is 3.87. The minimum Gasteiger partial charge on any atom is -0.333 e. The van der Waals surface area contributed by atoms with Gasteiger partial charge in [0.2, 0.25) is 5.91 Å². The van der Waals surface area contributed by atoms with E-state index in [2.05, 4.69) is 0 Å². The lowest BCUT2D eigenvalue weighted by atomic mass is 10.1. The zero-order valence-corrected chi connectivity index (χ0v) is 15.0. The number of nitrogens with zero attached hydrogens (tertiary/aromatic N) is 3. The van der Waals surface area contributed by atoms with Crippen molar-refractivity contribution >= 4 is 40.5 Å². The predicted octanol–water partition coefficient (Wildman–Crippen LogP) is 0.943. The molecule has 116 valence electrons. The van der Waals surface area contributed by atoms with E-state index in [-0.39, 0.29) is 24.0 Å². The number of rotatable bonds is 8. The van der Waals surface area contributed by atoms with Gasteiger partial charge in [0.05, 0.1) is 22.9 Å². The molecule has 0 heterocycles. The fraction of sp³-hybridized carbons (Fsp3) is 0.769. The Bertz CT molecular complexity index is 361. The van der Waals surface area contributed by atoms with E-state index in [1.54, 1.807) is 17.1 Å². The second-order valence-corrected chi connectivity index (χ2v) is 6.17. The number of hydrogen-bond donors (Lipinski definition) is 0.